The Balaban J connectivity index is 2.09. The van der Waals surface area contributed by atoms with Crippen LogP contribution in [0.25, 0.3) is 0 Å². The van der Waals surface area contributed by atoms with Gasteiger partial charge < -0.3 is 9.42 Å². The van der Waals surface area contributed by atoms with Gasteiger partial charge in [0.15, 0.2) is 0 Å². The summed E-state index contributed by atoms with van der Waals surface area (Å²) in [7, 11) is -5.18. The van der Waals surface area contributed by atoms with E-state index in [0.717, 1.165) is 17.7 Å². The van der Waals surface area contributed by atoms with Crippen molar-refractivity contribution >= 4 is 35.3 Å². The summed E-state index contributed by atoms with van der Waals surface area (Å²) in [5.41, 5.74) is -2.43. The molecule has 0 radical (unpaired) electrons. The van der Waals surface area contributed by atoms with Gasteiger partial charge in [-0.25, -0.2) is 0 Å². The molecular weight excluding hydrogens is 481 g/mol. The van der Waals surface area contributed by atoms with E-state index in [4.69, 9.17) is 4.52 Å². The summed E-state index contributed by atoms with van der Waals surface area (Å²) < 4.78 is 46.6. The standard InChI is InChI=1S/C21H26BrF2O3PS/c1-4-15(2)27-28(25,26)21(23,24)19-11-10-18(14-20(19)22)16(3)29-13-12-17-8-6-5-7-9-17/h5-11,14-16H,4,12-13H2,1-3H3,(H,25,26). The lowest BCUT2D eigenvalue weighted by molar-refractivity contribution is 0.0341. The van der Waals surface area contributed by atoms with E-state index >= 15 is 0 Å². The van der Waals surface area contributed by atoms with E-state index in [9.17, 15) is 18.2 Å². The van der Waals surface area contributed by atoms with E-state index in [-0.39, 0.29) is 9.72 Å². The van der Waals surface area contributed by atoms with Crippen molar-refractivity contribution < 1.29 is 22.8 Å². The van der Waals surface area contributed by atoms with Crippen LogP contribution in [0.2, 0.25) is 0 Å². The average molecular weight is 507 g/mol. The monoisotopic (exact) mass is 506 g/mol. The minimum Gasteiger partial charge on any atom is -0.320 e. The second-order valence-corrected chi connectivity index (χ2v) is 11.0. The van der Waals surface area contributed by atoms with Crippen LogP contribution < -0.4 is 0 Å². The summed E-state index contributed by atoms with van der Waals surface area (Å²) in [5.74, 6) is 0.898. The molecule has 0 saturated heterocycles. The minimum atomic E-state index is -5.18. The summed E-state index contributed by atoms with van der Waals surface area (Å²) in [6.45, 7) is 5.20. The number of alkyl halides is 2. The molecule has 1 N–H and O–H groups in total. The zero-order chi connectivity index (χ0) is 21.7. The third-order valence-electron chi connectivity index (χ3n) is 4.64. The van der Waals surface area contributed by atoms with Gasteiger partial charge in [-0.1, -0.05) is 65.3 Å². The van der Waals surface area contributed by atoms with Crippen LogP contribution in [-0.4, -0.2) is 16.8 Å². The van der Waals surface area contributed by atoms with Crippen LogP contribution in [0, 0.1) is 0 Å². The van der Waals surface area contributed by atoms with Crippen molar-refractivity contribution in [2.24, 2.45) is 0 Å². The van der Waals surface area contributed by atoms with E-state index in [1.165, 1.54) is 18.6 Å². The SMILES string of the molecule is CCC(C)OP(=O)(O)C(F)(F)c1ccc(C(C)SCCc2ccccc2)cc1Br. The Morgan fingerprint density at radius 3 is 2.45 bits per heavy atom. The van der Waals surface area contributed by atoms with Crippen LogP contribution in [0.3, 0.4) is 0 Å². The van der Waals surface area contributed by atoms with Gasteiger partial charge in [0.1, 0.15) is 0 Å². The van der Waals surface area contributed by atoms with Gasteiger partial charge in [0.05, 0.1) is 6.10 Å². The van der Waals surface area contributed by atoms with Crippen LogP contribution in [0.5, 0.6) is 0 Å². The van der Waals surface area contributed by atoms with Gasteiger partial charge in [0, 0.05) is 15.3 Å². The summed E-state index contributed by atoms with van der Waals surface area (Å²) in [6.07, 6.45) is 0.544. The number of aryl methyl sites for hydroxylation is 1. The molecule has 2 aromatic rings. The Bertz CT molecular complexity index is 851. The quantitative estimate of drug-likeness (QED) is 0.338. The Hall–Kier alpha value is -0.720. The molecule has 2 aromatic carbocycles. The predicted molar refractivity (Wildman–Crippen MR) is 120 cm³/mol. The molecule has 29 heavy (non-hydrogen) atoms. The van der Waals surface area contributed by atoms with Crippen LogP contribution in [0.1, 0.15) is 49.1 Å². The summed E-state index contributed by atoms with van der Waals surface area (Å²) >= 11 is 4.88. The van der Waals surface area contributed by atoms with E-state index in [2.05, 4.69) is 28.1 Å². The molecule has 3 unspecified atom stereocenters. The molecule has 160 valence electrons. The van der Waals surface area contributed by atoms with E-state index in [0.29, 0.717) is 6.42 Å². The largest absolute Gasteiger partial charge is 0.402 e. The maximum absolute atomic E-state index is 14.7. The number of thioether (sulfide) groups is 1. The number of hydrogen-bond acceptors (Lipinski definition) is 3. The zero-order valence-electron chi connectivity index (χ0n) is 16.6. The molecule has 0 amide bonds. The molecule has 0 aliphatic heterocycles. The third-order valence-corrected chi connectivity index (χ3v) is 8.11. The van der Waals surface area contributed by atoms with Gasteiger partial charge >= 0.3 is 13.3 Å². The minimum absolute atomic E-state index is 0.0926. The van der Waals surface area contributed by atoms with Gasteiger partial charge in [-0.2, -0.15) is 20.5 Å². The molecule has 0 aliphatic carbocycles. The van der Waals surface area contributed by atoms with E-state index in [1.54, 1.807) is 30.8 Å². The van der Waals surface area contributed by atoms with Crippen LogP contribution >= 0.6 is 35.3 Å². The molecule has 0 fully saturated rings. The molecule has 0 bridgehead atoms. The van der Waals surface area contributed by atoms with Crippen LogP contribution in [0.15, 0.2) is 53.0 Å². The summed E-state index contributed by atoms with van der Waals surface area (Å²) in [4.78, 5) is 9.88. The van der Waals surface area contributed by atoms with Crippen LogP contribution in [-0.2, 0) is 21.2 Å². The topological polar surface area (TPSA) is 46.5 Å². The molecule has 8 heteroatoms. The van der Waals surface area contributed by atoms with Gasteiger partial charge in [0.25, 0.3) is 0 Å². The van der Waals surface area contributed by atoms with Gasteiger partial charge in [0.2, 0.25) is 0 Å². The third kappa shape index (κ3) is 6.38. The highest BCUT2D eigenvalue weighted by Crippen LogP contribution is 2.64. The molecule has 0 saturated carbocycles. The number of rotatable bonds is 10. The van der Waals surface area contributed by atoms with Gasteiger partial charge in [-0.05, 0) is 49.6 Å². The zero-order valence-corrected chi connectivity index (χ0v) is 19.9. The maximum Gasteiger partial charge on any atom is 0.402 e. The highest BCUT2D eigenvalue weighted by molar-refractivity contribution is 9.10. The fourth-order valence-electron chi connectivity index (χ4n) is 2.66. The Kier molecular flexibility index (Phi) is 8.92. The van der Waals surface area contributed by atoms with Crippen molar-refractivity contribution in [2.75, 3.05) is 5.75 Å². The van der Waals surface area contributed by atoms with E-state index < -0.39 is 24.9 Å². The van der Waals surface area contributed by atoms with Crippen molar-refractivity contribution in [1.82, 2.24) is 0 Å². The first-order chi connectivity index (χ1) is 13.6. The molecule has 3 atom stereocenters. The lowest BCUT2D eigenvalue weighted by Gasteiger charge is -2.26. The summed E-state index contributed by atoms with van der Waals surface area (Å²) in [6, 6.07) is 14.5. The molecular formula is C21H26BrF2O3PS. The van der Waals surface area contributed by atoms with Crippen LogP contribution in [0.4, 0.5) is 8.78 Å². The average Bonchev–Trinajstić information content (AvgIpc) is 2.67. The highest BCUT2D eigenvalue weighted by atomic mass is 79.9. The first-order valence-electron chi connectivity index (χ1n) is 9.43. The molecule has 0 heterocycles. The van der Waals surface area contributed by atoms with Gasteiger partial charge in [-0.15, -0.1) is 0 Å². The van der Waals surface area contributed by atoms with Crippen molar-refractivity contribution in [3.8, 4) is 0 Å². The fourth-order valence-corrected chi connectivity index (χ4v) is 5.77. The predicted octanol–water partition coefficient (Wildman–Crippen LogP) is 7.54. The molecule has 2 rings (SSSR count). The second kappa shape index (κ2) is 10.5. The first kappa shape index (κ1) is 24.5. The smallest absolute Gasteiger partial charge is 0.320 e. The Morgan fingerprint density at radius 1 is 1.21 bits per heavy atom. The lowest BCUT2D eigenvalue weighted by atomic mass is 10.1. The normalized spacial score (nSPS) is 16.2. The maximum atomic E-state index is 14.7. The molecule has 0 spiro atoms. The highest BCUT2D eigenvalue weighted by Gasteiger charge is 2.54. The molecule has 3 nitrogen and oxygen atoms in total. The Morgan fingerprint density at radius 2 is 1.86 bits per heavy atom. The summed E-state index contributed by atoms with van der Waals surface area (Å²) in [5, 5.41) is 0.0926. The number of benzene rings is 2. The lowest BCUT2D eigenvalue weighted by Crippen LogP contribution is -2.19. The number of halogens is 3. The second-order valence-electron chi connectivity index (χ2n) is 6.87. The first-order valence-corrected chi connectivity index (χ1v) is 12.8. The molecule has 0 aromatic heterocycles. The Labute approximate surface area is 183 Å². The van der Waals surface area contributed by atoms with Crippen molar-refractivity contribution in [3.63, 3.8) is 0 Å². The van der Waals surface area contributed by atoms with Crippen molar-refractivity contribution in [2.45, 2.75) is 50.6 Å². The van der Waals surface area contributed by atoms with Crippen molar-refractivity contribution in [3.05, 3.63) is 69.7 Å². The van der Waals surface area contributed by atoms with Gasteiger partial charge in [-0.3, -0.25) is 4.57 Å². The number of hydrogen-bond donors (Lipinski definition) is 1. The van der Waals surface area contributed by atoms with Crippen molar-refractivity contribution in [1.29, 1.82) is 0 Å². The molecule has 0 aliphatic rings. The van der Waals surface area contributed by atoms with E-state index in [1.807, 2.05) is 25.1 Å². The fraction of sp³-hybridized carbons (Fsp3) is 0.429.